The summed E-state index contributed by atoms with van der Waals surface area (Å²) in [4.78, 5) is 21.2. The van der Waals surface area contributed by atoms with E-state index in [1.807, 2.05) is 6.92 Å². The Bertz CT molecular complexity index is 162. The van der Waals surface area contributed by atoms with Crippen LogP contribution >= 0.6 is 0 Å². The molecule has 0 saturated heterocycles. The molecule has 4 nitrogen and oxygen atoms in total. The van der Waals surface area contributed by atoms with Gasteiger partial charge in [-0.25, -0.2) is 4.79 Å². The van der Waals surface area contributed by atoms with E-state index in [0.717, 1.165) is 0 Å². The first-order valence-corrected chi connectivity index (χ1v) is 4.04. The number of hydrogen-bond acceptors (Lipinski definition) is 3. The highest BCUT2D eigenvalue weighted by molar-refractivity contribution is 5.77. The summed E-state index contributed by atoms with van der Waals surface area (Å²) in [6, 6.07) is 0. The quantitative estimate of drug-likeness (QED) is 0.636. The number of esters is 1. The minimum absolute atomic E-state index is 0.216. The fraction of sp³-hybridized carbons (Fsp3) is 0.750. The fourth-order valence-electron chi connectivity index (χ4n) is 0.737. The molecule has 0 aromatic heterocycles. The molecular formula is C8H14O4. The first kappa shape index (κ1) is 10.9. The molecule has 0 radical (unpaired) electrons. The lowest BCUT2D eigenvalue weighted by Gasteiger charge is -2.11. The van der Waals surface area contributed by atoms with Crippen LogP contribution in [0.1, 0.15) is 33.1 Å². The summed E-state index contributed by atoms with van der Waals surface area (Å²) >= 11 is 0. The van der Waals surface area contributed by atoms with E-state index in [9.17, 15) is 9.59 Å². The second-order valence-electron chi connectivity index (χ2n) is 2.46. The Labute approximate surface area is 71.5 Å². The second-order valence-corrected chi connectivity index (χ2v) is 2.46. The van der Waals surface area contributed by atoms with E-state index in [4.69, 9.17) is 5.11 Å². The lowest BCUT2D eigenvalue weighted by molar-refractivity contribution is -0.164. The van der Waals surface area contributed by atoms with Crippen molar-refractivity contribution in [3.05, 3.63) is 0 Å². The van der Waals surface area contributed by atoms with Crippen molar-refractivity contribution in [1.82, 2.24) is 0 Å². The first-order valence-electron chi connectivity index (χ1n) is 4.04. The number of hydrogen-bond donors (Lipinski definition) is 1. The zero-order valence-corrected chi connectivity index (χ0v) is 7.37. The Morgan fingerprint density at radius 1 is 1.42 bits per heavy atom. The van der Waals surface area contributed by atoms with Gasteiger partial charge in [-0.2, -0.15) is 0 Å². The number of aliphatic carboxylic acids is 1. The van der Waals surface area contributed by atoms with Crippen LogP contribution < -0.4 is 0 Å². The molecular weight excluding hydrogens is 160 g/mol. The Kier molecular flexibility index (Phi) is 5.08. The van der Waals surface area contributed by atoms with E-state index in [1.165, 1.54) is 0 Å². The maximum Gasteiger partial charge on any atom is 0.345 e. The Balaban J connectivity index is 3.95. The molecule has 0 amide bonds. The van der Waals surface area contributed by atoms with Crippen molar-refractivity contribution >= 4 is 11.9 Å². The molecule has 0 fully saturated rings. The minimum Gasteiger partial charge on any atom is -0.479 e. The Morgan fingerprint density at radius 2 is 2.00 bits per heavy atom. The van der Waals surface area contributed by atoms with Crippen molar-refractivity contribution in [2.24, 2.45) is 0 Å². The van der Waals surface area contributed by atoms with Gasteiger partial charge in [-0.3, -0.25) is 4.79 Å². The summed E-state index contributed by atoms with van der Waals surface area (Å²) in [6.07, 6.45) is 0.310. The highest BCUT2D eigenvalue weighted by atomic mass is 16.6. The third-order valence-electron chi connectivity index (χ3n) is 1.39. The fourth-order valence-corrected chi connectivity index (χ4v) is 0.737. The van der Waals surface area contributed by atoms with Crippen molar-refractivity contribution in [3.63, 3.8) is 0 Å². The van der Waals surface area contributed by atoms with Gasteiger partial charge in [0.2, 0.25) is 0 Å². The molecule has 12 heavy (non-hydrogen) atoms. The van der Waals surface area contributed by atoms with E-state index in [2.05, 4.69) is 4.74 Å². The molecule has 0 saturated carbocycles. The second kappa shape index (κ2) is 5.57. The topological polar surface area (TPSA) is 63.6 Å². The van der Waals surface area contributed by atoms with Crippen LogP contribution in [0.3, 0.4) is 0 Å². The molecule has 0 aromatic carbocycles. The maximum atomic E-state index is 10.7. The summed E-state index contributed by atoms with van der Waals surface area (Å²) in [7, 11) is 0. The highest BCUT2D eigenvalue weighted by Crippen LogP contribution is 2.03. The number of carbonyl (C=O) groups excluding carboxylic acids is 1. The number of carboxylic acids is 1. The van der Waals surface area contributed by atoms with Crippen molar-refractivity contribution in [2.45, 2.75) is 39.2 Å². The molecule has 0 aliphatic carbocycles. The van der Waals surface area contributed by atoms with Gasteiger partial charge in [-0.05, 0) is 6.42 Å². The molecule has 0 aliphatic heterocycles. The predicted octanol–water partition coefficient (Wildman–Crippen LogP) is 1.19. The standard InChI is InChI=1S/C8H14O4/c1-3-5-6(8(10)11)12-7(9)4-2/h6H,3-5H2,1-2H3,(H,10,11). The average molecular weight is 174 g/mol. The number of ether oxygens (including phenoxy) is 1. The monoisotopic (exact) mass is 174 g/mol. The third kappa shape index (κ3) is 3.95. The van der Waals surface area contributed by atoms with Crippen molar-refractivity contribution in [1.29, 1.82) is 0 Å². The van der Waals surface area contributed by atoms with Crippen LogP contribution in [0.4, 0.5) is 0 Å². The number of carbonyl (C=O) groups is 2. The van der Waals surface area contributed by atoms with Crippen molar-refractivity contribution < 1.29 is 19.4 Å². The zero-order valence-electron chi connectivity index (χ0n) is 7.37. The maximum absolute atomic E-state index is 10.7. The molecule has 0 aromatic rings. The Hall–Kier alpha value is -1.06. The number of rotatable bonds is 5. The van der Waals surface area contributed by atoms with Crippen LogP contribution in [-0.2, 0) is 14.3 Å². The van der Waals surface area contributed by atoms with Gasteiger partial charge in [0.1, 0.15) is 0 Å². The van der Waals surface area contributed by atoms with Crippen LogP contribution in [0.25, 0.3) is 0 Å². The summed E-state index contributed by atoms with van der Waals surface area (Å²) in [5, 5.41) is 8.57. The zero-order chi connectivity index (χ0) is 9.56. The highest BCUT2D eigenvalue weighted by Gasteiger charge is 2.19. The van der Waals surface area contributed by atoms with Gasteiger partial charge in [-0.1, -0.05) is 20.3 Å². The average Bonchev–Trinajstić information content (AvgIpc) is 2.03. The molecule has 0 bridgehead atoms. The predicted molar refractivity (Wildman–Crippen MR) is 42.7 cm³/mol. The molecule has 70 valence electrons. The third-order valence-corrected chi connectivity index (χ3v) is 1.39. The molecule has 1 atom stereocenters. The SMILES string of the molecule is CCCC(OC(=O)CC)C(=O)O. The van der Waals surface area contributed by atoms with E-state index in [1.54, 1.807) is 6.92 Å². The first-order chi connectivity index (χ1) is 5.61. The van der Waals surface area contributed by atoms with Gasteiger partial charge in [0.15, 0.2) is 6.10 Å². The number of carboxylic acid groups (broad SMARTS) is 1. The van der Waals surface area contributed by atoms with Gasteiger partial charge < -0.3 is 9.84 Å². The summed E-state index contributed by atoms with van der Waals surface area (Å²) < 4.78 is 4.66. The van der Waals surface area contributed by atoms with Gasteiger partial charge in [0.05, 0.1) is 0 Å². The van der Waals surface area contributed by atoms with E-state index in [0.29, 0.717) is 12.8 Å². The minimum atomic E-state index is -1.07. The van der Waals surface area contributed by atoms with Crippen LogP contribution in [0.2, 0.25) is 0 Å². The lowest BCUT2D eigenvalue weighted by Crippen LogP contribution is -2.26. The lowest BCUT2D eigenvalue weighted by atomic mass is 10.2. The van der Waals surface area contributed by atoms with E-state index < -0.39 is 18.0 Å². The molecule has 0 rings (SSSR count). The van der Waals surface area contributed by atoms with Crippen LogP contribution in [0.5, 0.6) is 0 Å². The Morgan fingerprint density at radius 3 is 2.33 bits per heavy atom. The largest absolute Gasteiger partial charge is 0.479 e. The van der Waals surface area contributed by atoms with Gasteiger partial charge in [0, 0.05) is 6.42 Å². The summed E-state index contributed by atoms with van der Waals surface area (Å²) in [5.41, 5.74) is 0. The van der Waals surface area contributed by atoms with Crippen LogP contribution in [0.15, 0.2) is 0 Å². The van der Waals surface area contributed by atoms with E-state index in [-0.39, 0.29) is 6.42 Å². The molecule has 0 heterocycles. The molecule has 4 heteroatoms. The smallest absolute Gasteiger partial charge is 0.345 e. The molecule has 0 spiro atoms. The van der Waals surface area contributed by atoms with Crippen LogP contribution in [0, 0.1) is 0 Å². The van der Waals surface area contributed by atoms with Crippen LogP contribution in [-0.4, -0.2) is 23.1 Å². The molecule has 0 aliphatic rings. The molecule has 1 N–H and O–H groups in total. The van der Waals surface area contributed by atoms with Gasteiger partial charge in [-0.15, -0.1) is 0 Å². The normalized spacial score (nSPS) is 12.2. The van der Waals surface area contributed by atoms with Crippen molar-refractivity contribution in [3.8, 4) is 0 Å². The van der Waals surface area contributed by atoms with Gasteiger partial charge in [0.25, 0.3) is 0 Å². The molecule has 1 unspecified atom stereocenters. The summed E-state index contributed by atoms with van der Waals surface area (Å²) in [5.74, 6) is -1.53. The van der Waals surface area contributed by atoms with Gasteiger partial charge >= 0.3 is 11.9 Å². The van der Waals surface area contributed by atoms with E-state index >= 15 is 0 Å². The van der Waals surface area contributed by atoms with Crippen molar-refractivity contribution in [2.75, 3.05) is 0 Å². The summed E-state index contributed by atoms with van der Waals surface area (Å²) in [6.45, 7) is 3.48.